The molecule has 0 bridgehead atoms. The summed E-state index contributed by atoms with van der Waals surface area (Å²) in [6.07, 6.45) is 0. The summed E-state index contributed by atoms with van der Waals surface area (Å²) in [5, 5.41) is 11.1. The van der Waals surface area contributed by atoms with Gasteiger partial charge in [-0.15, -0.1) is 0 Å². The lowest BCUT2D eigenvalue weighted by Crippen LogP contribution is -2.14. The Kier molecular flexibility index (Phi) is 5.76. The molecule has 1 N–H and O–H groups in total. The zero-order valence-electron chi connectivity index (χ0n) is 15.0. The van der Waals surface area contributed by atoms with E-state index >= 15 is 0 Å². The second-order valence-corrected chi connectivity index (χ2v) is 5.79. The molecule has 0 saturated carbocycles. The molecule has 8 nitrogen and oxygen atoms in total. The van der Waals surface area contributed by atoms with E-state index in [0.29, 0.717) is 22.4 Å². The topological polar surface area (TPSA) is 112 Å². The molecule has 0 radical (unpaired) electrons. The summed E-state index contributed by atoms with van der Waals surface area (Å²) in [5.74, 6) is -0.913. The summed E-state index contributed by atoms with van der Waals surface area (Å²) >= 11 is 0. The molecule has 0 aliphatic heterocycles. The third kappa shape index (κ3) is 3.90. The second-order valence-electron chi connectivity index (χ2n) is 5.79. The van der Waals surface area contributed by atoms with Gasteiger partial charge < -0.3 is 14.5 Å². The quantitative estimate of drug-likeness (QED) is 0.351. The van der Waals surface area contributed by atoms with E-state index in [0.717, 1.165) is 0 Å². The number of hydrogen-bond acceptors (Lipinski definition) is 6. The lowest BCUT2D eigenvalue weighted by Gasteiger charge is -2.07. The molecule has 0 spiro atoms. The fourth-order valence-corrected chi connectivity index (χ4v) is 2.65. The smallest absolute Gasteiger partial charge is 0.340 e. The summed E-state index contributed by atoms with van der Waals surface area (Å²) in [7, 11) is 0. The van der Waals surface area contributed by atoms with Gasteiger partial charge in [0.15, 0.2) is 12.4 Å². The minimum absolute atomic E-state index is 0.0143. The van der Waals surface area contributed by atoms with Gasteiger partial charge in [-0.2, -0.15) is 0 Å². The number of Topliss-reactive ketones (excluding diaryl/α,β-unsaturated/α-hetero) is 1. The number of nitrogens with one attached hydrogen (secondary N) is 1. The van der Waals surface area contributed by atoms with Crippen LogP contribution in [0.4, 0.5) is 5.69 Å². The zero-order chi connectivity index (χ0) is 19.4. The van der Waals surface area contributed by atoms with Gasteiger partial charge in [0, 0.05) is 11.8 Å². The Bertz CT molecular complexity index is 869. The molecule has 26 heavy (non-hydrogen) atoms. The first-order valence-corrected chi connectivity index (χ1v) is 8.03. The van der Waals surface area contributed by atoms with Crippen LogP contribution in [0.2, 0.25) is 0 Å². The Labute approximate surface area is 150 Å². The van der Waals surface area contributed by atoms with E-state index in [1.54, 1.807) is 33.8 Å². The van der Waals surface area contributed by atoms with Crippen molar-refractivity contribution in [3.63, 3.8) is 0 Å². The fraction of sp³-hybridized carbons (Fsp3) is 0.333. The molecule has 2 aromatic rings. The van der Waals surface area contributed by atoms with Crippen LogP contribution in [0.5, 0.6) is 5.75 Å². The van der Waals surface area contributed by atoms with E-state index in [2.05, 4.69) is 4.98 Å². The number of carbonyl (C=O) groups is 2. The Morgan fingerprint density at radius 1 is 1.23 bits per heavy atom. The number of nitro groups is 1. The van der Waals surface area contributed by atoms with Crippen LogP contribution in [0.25, 0.3) is 0 Å². The van der Waals surface area contributed by atoms with Crippen molar-refractivity contribution >= 4 is 17.4 Å². The lowest BCUT2D eigenvalue weighted by atomic mass is 10.1. The molecule has 0 unspecified atom stereocenters. The molecule has 1 heterocycles. The summed E-state index contributed by atoms with van der Waals surface area (Å²) in [4.78, 5) is 37.9. The zero-order valence-corrected chi connectivity index (χ0v) is 15.0. The molecule has 8 heteroatoms. The van der Waals surface area contributed by atoms with Gasteiger partial charge in [0.05, 0.1) is 22.8 Å². The molecule has 0 atom stereocenters. The van der Waals surface area contributed by atoms with Crippen molar-refractivity contribution in [3.8, 4) is 5.75 Å². The van der Waals surface area contributed by atoms with E-state index in [1.807, 2.05) is 0 Å². The number of aromatic amines is 1. The van der Waals surface area contributed by atoms with Crippen molar-refractivity contribution in [2.45, 2.75) is 27.7 Å². The molecule has 138 valence electrons. The molecular weight excluding hydrogens is 340 g/mol. The summed E-state index contributed by atoms with van der Waals surface area (Å²) < 4.78 is 10.3. The third-order valence-corrected chi connectivity index (χ3v) is 3.87. The van der Waals surface area contributed by atoms with Crippen LogP contribution in [0.15, 0.2) is 18.2 Å². The van der Waals surface area contributed by atoms with E-state index in [9.17, 15) is 19.7 Å². The highest BCUT2D eigenvalue weighted by Gasteiger charge is 2.24. The number of rotatable bonds is 7. The molecular formula is C18H20N2O6. The first-order valence-electron chi connectivity index (χ1n) is 8.03. The van der Waals surface area contributed by atoms with Crippen molar-refractivity contribution in [1.29, 1.82) is 0 Å². The summed E-state index contributed by atoms with van der Waals surface area (Å²) in [6, 6.07) is 4.50. The second kappa shape index (κ2) is 7.81. The van der Waals surface area contributed by atoms with Gasteiger partial charge in [0.1, 0.15) is 0 Å². The van der Waals surface area contributed by atoms with E-state index in [1.165, 1.54) is 12.1 Å². The van der Waals surface area contributed by atoms with Crippen molar-refractivity contribution < 1.29 is 24.0 Å². The van der Waals surface area contributed by atoms with E-state index < -0.39 is 23.3 Å². The van der Waals surface area contributed by atoms with Gasteiger partial charge in [0.25, 0.3) is 0 Å². The van der Waals surface area contributed by atoms with Crippen LogP contribution in [0.1, 0.15) is 44.6 Å². The number of nitrogens with zero attached hydrogens (tertiary/aromatic N) is 1. The van der Waals surface area contributed by atoms with Crippen LogP contribution in [0.3, 0.4) is 0 Å². The number of ether oxygens (including phenoxy) is 2. The summed E-state index contributed by atoms with van der Waals surface area (Å²) in [6.45, 7) is 6.56. The lowest BCUT2D eigenvalue weighted by molar-refractivity contribution is -0.385. The highest BCUT2D eigenvalue weighted by atomic mass is 16.6. The number of hydrogen-bond donors (Lipinski definition) is 1. The minimum Gasteiger partial charge on any atom is -0.478 e. The van der Waals surface area contributed by atoms with Crippen LogP contribution in [0, 0.1) is 30.9 Å². The average Bonchev–Trinajstić information content (AvgIpc) is 2.88. The van der Waals surface area contributed by atoms with Gasteiger partial charge in [-0.1, -0.05) is 6.07 Å². The number of esters is 1. The van der Waals surface area contributed by atoms with Crippen molar-refractivity contribution in [2.75, 3.05) is 13.2 Å². The number of aromatic nitrogens is 1. The van der Waals surface area contributed by atoms with Gasteiger partial charge in [-0.3, -0.25) is 14.9 Å². The predicted molar refractivity (Wildman–Crippen MR) is 93.9 cm³/mol. The number of benzene rings is 1. The third-order valence-electron chi connectivity index (χ3n) is 3.87. The van der Waals surface area contributed by atoms with Gasteiger partial charge in [0.2, 0.25) is 5.78 Å². The number of ketones is 1. The number of nitro benzene ring substituents is 1. The van der Waals surface area contributed by atoms with Crippen LogP contribution < -0.4 is 4.74 Å². The van der Waals surface area contributed by atoms with Gasteiger partial charge in [-0.05, 0) is 44.9 Å². The largest absolute Gasteiger partial charge is 0.478 e. The monoisotopic (exact) mass is 360 g/mol. The standard InChI is InChI=1S/C18H20N2O6/c1-5-25-18(22)16-11(3)17(19-12(16)4)14(21)9-26-15-7-6-10(2)8-13(15)20(23)24/h6-8,19H,5,9H2,1-4H3. The molecule has 0 amide bonds. The highest BCUT2D eigenvalue weighted by molar-refractivity contribution is 6.02. The fourth-order valence-electron chi connectivity index (χ4n) is 2.65. The van der Waals surface area contributed by atoms with E-state index in [4.69, 9.17) is 9.47 Å². The molecule has 0 fully saturated rings. The molecule has 2 rings (SSSR count). The molecule has 0 saturated heterocycles. The maximum atomic E-state index is 12.5. The predicted octanol–water partition coefficient (Wildman–Crippen LogP) is 3.29. The van der Waals surface area contributed by atoms with Crippen molar-refractivity contribution in [1.82, 2.24) is 4.98 Å². The first kappa shape index (κ1) is 19.2. The van der Waals surface area contributed by atoms with Crippen molar-refractivity contribution in [3.05, 3.63) is 56.4 Å². The first-order chi connectivity index (χ1) is 12.3. The van der Waals surface area contributed by atoms with E-state index in [-0.39, 0.29) is 23.7 Å². The number of carbonyl (C=O) groups excluding carboxylic acids is 2. The maximum absolute atomic E-state index is 12.5. The maximum Gasteiger partial charge on any atom is 0.340 e. The Hall–Kier alpha value is -3.16. The molecule has 0 aliphatic rings. The number of H-pyrrole nitrogens is 1. The Balaban J connectivity index is 2.21. The number of aryl methyl sites for hydroxylation is 2. The molecule has 1 aromatic heterocycles. The highest BCUT2D eigenvalue weighted by Crippen LogP contribution is 2.28. The van der Waals surface area contributed by atoms with Crippen LogP contribution in [-0.2, 0) is 4.74 Å². The van der Waals surface area contributed by atoms with Crippen LogP contribution in [-0.4, -0.2) is 34.9 Å². The molecule has 1 aromatic carbocycles. The van der Waals surface area contributed by atoms with Crippen LogP contribution >= 0.6 is 0 Å². The van der Waals surface area contributed by atoms with Crippen molar-refractivity contribution in [2.24, 2.45) is 0 Å². The molecule has 0 aliphatic carbocycles. The average molecular weight is 360 g/mol. The Morgan fingerprint density at radius 2 is 1.92 bits per heavy atom. The minimum atomic E-state index is -0.560. The SMILES string of the molecule is CCOC(=O)c1c(C)[nH]c(C(=O)COc2ccc(C)cc2[N+](=O)[O-])c1C. The normalized spacial score (nSPS) is 10.5. The summed E-state index contributed by atoms with van der Waals surface area (Å²) in [5.41, 5.74) is 2.03. The Morgan fingerprint density at radius 3 is 2.54 bits per heavy atom. The van der Waals surface area contributed by atoms with Gasteiger partial charge in [-0.25, -0.2) is 4.79 Å². The van der Waals surface area contributed by atoms with Gasteiger partial charge >= 0.3 is 11.7 Å².